The number of hydrogen-bond donors (Lipinski definition) is 1. The van der Waals surface area contributed by atoms with Crippen molar-refractivity contribution in [3.8, 4) is 17.2 Å². The summed E-state index contributed by atoms with van der Waals surface area (Å²) in [6.07, 6.45) is 0. The van der Waals surface area contributed by atoms with E-state index in [-0.39, 0.29) is 23.2 Å². The second kappa shape index (κ2) is 10.9. The van der Waals surface area contributed by atoms with Crippen LogP contribution in [0.3, 0.4) is 0 Å². The summed E-state index contributed by atoms with van der Waals surface area (Å²) in [6, 6.07) is 14.4. The maximum atomic E-state index is 13.0. The van der Waals surface area contributed by atoms with Gasteiger partial charge in [0, 0.05) is 18.8 Å². The van der Waals surface area contributed by atoms with Gasteiger partial charge in [0.05, 0.1) is 36.7 Å². The molecule has 2 amide bonds. The number of para-hydroxylation sites is 1. The Morgan fingerprint density at radius 3 is 2.39 bits per heavy atom. The zero-order valence-corrected chi connectivity index (χ0v) is 19.8. The monoisotopic (exact) mass is 470 g/mol. The number of aromatic nitrogens is 2. The third kappa shape index (κ3) is 5.64. The number of nitrogens with one attached hydrogen (secondary N) is 1. The predicted molar refractivity (Wildman–Crippen MR) is 128 cm³/mol. The Balaban J connectivity index is 1.71. The van der Waals surface area contributed by atoms with Crippen LogP contribution in [0.15, 0.2) is 48.5 Å². The molecule has 2 aromatic carbocycles. The number of amides is 2. The van der Waals surface area contributed by atoms with Crippen LogP contribution in [0.4, 0.5) is 5.69 Å². The van der Waals surface area contributed by atoms with Gasteiger partial charge >= 0.3 is 0 Å². The first-order valence-electron chi connectivity index (χ1n) is 10.6. The van der Waals surface area contributed by atoms with Gasteiger partial charge in [-0.2, -0.15) is 5.10 Å². The van der Waals surface area contributed by atoms with E-state index in [1.807, 2.05) is 44.2 Å². The normalized spacial score (nSPS) is 10.6. The average molecular weight is 471 g/mol. The molecule has 174 valence electrons. The van der Waals surface area contributed by atoms with Crippen LogP contribution in [0, 0.1) is 6.92 Å². The summed E-state index contributed by atoms with van der Waals surface area (Å²) in [5.74, 6) is 0.390. The summed E-state index contributed by atoms with van der Waals surface area (Å²) in [6.45, 7) is 6.27. The molecule has 0 spiro atoms. The van der Waals surface area contributed by atoms with E-state index in [4.69, 9.17) is 21.1 Å². The van der Waals surface area contributed by atoms with E-state index >= 15 is 0 Å². The van der Waals surface area contributed by atoms with Crippen LogP contribution in [-0.4, -0.2) is 53.3 Å². The summed E-state index contributed by atoms with van der Waals surface area (Å²) >= 11 is 6.48. The van der Waals surface area contributed by atoms with Gasteiger partial charge in [0.1, 0.15) is 5.15 Å². The minimum atomic E-state index is -0.392. The van der Waals surface area contributed by atoms with Gasteiger partial charge in [-0.3, -0.25) is 9.59 Å². The summed E-state index contributed by atoms with van der Waals surface area (Å²) in [5, 5.41) is 7.38. The molecule has 0 atom stereocenters. The molecule has 0 aliphatic rings. The van der Waals surface area contributed by atoms with Crippen LogP contribution in [0.5, 0.6) is 11.5 Å². The predicted octanol–water partition coefficient (Wildman–Crippen LogP) is 4.34. The van der Waals surface area contributed by atoms with Crippen molar-refractivity contribution in [3.05, 3.63) is 64.9 Å². The molecule has 1 heterocycles. The first-order chi connectivity index (χ1) is 15.8. The summed E-state index contributed by atoms with van der Waals surface area (Å²) in [7, 11) is 1.54. The highest BCUT2D eigenvalue weighted by atomic mass is 35.5. The zero-order chi connectivity index (χ0) is 24.0. The minimum absolute atomic E-state index is 0.164. The number of nitrogens with zero attached hydrogens (tertiary/aromatic N) is 3. The fourth-order valence-electron chi connectivity index (χ4n) is 3.29. The lowest BCUT2D eigenvalue weighted by Gasteiger charge is -2.17. The molecule has 1 aromatic heterocycles. The topological polar surface area (TPSA) is 85.7 Å². The highest BCUT2D eigenvalue weighted by Crippen LogP contribution is 2.30. The van der Waals surface area contributed by atoms with Crippen LogP contribution in [-0.2, 0) is 4.79 Å². The molecule has 8 nitrogen and oxygen atoms in total. The number of anilines is 1. The standard InChI is InChI=1S/C24H27ClN4O4/c1-5-32-19-13-12-17(14-20(19)33-6-2)26-21(30)15-28(4)24(31)22-16(3)27-29(23(22)25)18-10-8-7-9-11-18/h7-14H,5-6,15H2,1-4H3,(H,26,30). The molecule has 0 aliphatic heterocycles. The molecular weight excluding hydrogens is 444 g/mol. The van der Waals surface area contributed by atoms with Crippen molar-refractivity contribution in [2.24, 2.45) is 0 Å². The van der Waals surface area contributed by atoms with Crippen molar-refractivity contribution in [2.75, 3.05) is 32.1 Å². The van der Waals surface area contributed by atoms with E-state index in [0.717, 1.165) is 5.69 Å². The van der Waals surface area contributed by atoms with Gasteiger partial charge in [-0.25, -0.2) is 4.68 Å². The Bertz CT molecular complexity index is 1130. The fourth-order valence-corrected chi connectivity index (χ4v) is 3.64. The highest BCUT2D eigenvalue weighted by Gasteiger charge is 2.25. The molecule has 3 rings (SSSR count). The number of carbonyl (C=O) groups excluding carboxylic acids is 2. The Kier molecular flexibility index (Phi) is 7.95. The molecule has 0 bridgehead atoms. The average Bonchev–Trinajstić information content (AvgIpc) is 3.09. The van der Waals surface area contributed by atoms with Crippen LogP contribution in [0.1, 0.15) is 29.9 Å². The molecule has 1 N–H and O–H groups in total. The Morgan fingerprint density at radius 1 is 1.06 bits per heavy atom. The lowest BCUT2D eigenvalue weighted by atomic mass is 10.2. The van der Waals surface area contributed by atoms with E-state index in [1.165, 1.54) is 9.58 Å². The Labute approximate surface area is 198 Å². The van der Waals surface area contributed by atoms with Gasteiger partial charge in [0.25, 0.3) is 5.91 Å². The van der Waals surface area contributed by atoms with Crippen LogP contribution < -0.4 is 14.8 Å². The van der Waals surface area contributed by atoms with Crippen molar-refractivity contribution in [1.82, 2.24) is 14.7 Å². The minimum Gasteiger partial charge on any atom is -0.490 e. The number of likely N-dealkylation sites (N-methyl/N-ethyl adjacent to an activating group) is 1. The molecule has 0 aliphatic carbocycles. The summed E-state index contributed by atoms with van der Waals surface area (Å²) < 4.78 is 12.6. The van der Waals surface area contributed by atoms with Crippen LogP contribution in [0.25, 0.3) is 5.69 Å². The molecule has 33 heavy (non-hydrogen) atoms. The maximum Gasteiger partial charge on any atom is 0.259 e. The molecule has 9 heteroatoms. The number of rotatable bonds is 9. The number of carbonyl (C=O) groups is 2. The molecule has 0 saturated carbocycles. The number of aryl methyl sites for hydroxylation is 1. The van der Waals surface area contributed by atoms with Crippen LogP contribution >= 0.6 is 11.6 Å². The molecule has 0 saturated heterocycles. The molecule has 0 fully saturated rings. The fraction of sp³-hybridized carbons (Fsp3) is 0.292. The van der Waals surface area contributed by atoms with Gasteiger partial charge in [-0.05, 0) is 45.0 Å². The molecule has 3 aromatic rings. The van der Waals surface area contributed by atoms with Crippen molar-refractivity contribution in [1.29, 1.82) is 0 Å². The molecule has 0 unspecified atom stereocenters. The van der Waals surface area contributed by atoms with Gasteiger partial charge in [-0.15, -0.1) is 0 Å². The number of benzene rings is 2. The third-order valence-electron chi connectivity index (χ3n) is 4.77. The van der Waals surface area contributed by atoms with E-state index in [9.17, 15) is 9.59 Å². The van der Waals surface area contributed by atoms with Gasteiger partial charge in [-0.1, -0.05) is 29.8 Å². The van der Waals surface area contributed by atoms with E-state index in [1.54, 1.807) is 32.2 Å². The summed E-state index contributed by atoms with van der Waals surface area (Å²) in [4.78, 5) is 27.0. The van der Waals surface area contributed by atoms with Crippen molar-refractivity contribution >= 4 is 29.1 Å². The van der Waals surface area contributed by atoms with E-state index < -0.39 is 5.91 Å². The lowest BCUT2D eigenvalue weighted by Crippen LogP contribution is -2.35. The second-order valence-electron chi connectivity index (χ2n) is 7.24. The number of halogens is 1. The van der Waals surface area contributed by atoms with E-state index in [0.29, 0.717) is 36.1 Å². The van der Waals surface area contributed by atoms with Crippen molar-refractivity contribution in [2.45, 2.75) is 20.8 Å². The first kappa shape index (κ1) is 24.1. The summed E-state index contributed by atoms with van der Waals surface area (Å²) in [5.41, 5.74) is 2.02. The van der Waals surface area contributed by atoms with Crippen molar-refractivity contribution in [3.63, 3.8) is 0 Å². The smallest absolute Gasteiger partial charge is 0.259 e. The largest absolute Gasteiger partial charge is 0.490 e. The quantitative estimate of drug-likeness (QED) is 0.502. The van der Waals surface area contributed by atoms with Crippen molar-refractivity contribution < 1.29 is 19.1 Å². The SMILES string of the molecule is CCOc1ccc(NC(=O)CN(C)C(=O)c2c(C)nn(-c3ccccc3)c2Cl)cc1OCC. The second-order valence-corrected chi connectivity index (χ2v) is 7.59. The molecular formula is C24H27ClN4O4. The maximum absolute atomic E-state index is 13.0. The third-order valence-corrected chi connectivity index (χ3v) is 5.12. The first-order valence-corrected chi connectivity index (χ1v) is 11.0. The highest BCUT2D eigenvalue weighted by molar-refractivity contribution is 6.33. The molecule has 0 radical (unpaired) electrons. The zero-order valence-electron chi connectivity index (χ0n) is 19.1. The Morgan fingerprint density at radius 2 is 1.73 bits per heavy atom. The number of ether oxygens (including phenoxy) is 2. The number of hydrogen-bond acceptors (Lipinski definition) is 5. The van der Waals surface area contributed by atoms with Crippen LogP contribution in [0.2, 0.25) is 5.15 Å². The van der Waals surface area contributed by atoms with Gasteiger partial charge in [0.2, 0.25) is 5.91 Å². The van der Waals surface area contributed by atoms with Gasteiger partial charge in [0.15, 0.2) is 11.5 Å². The van der Waals surface area contributed by atoms with Gasteiger partial charge < -0.3 is 19.7 Å². The Hall–Kier alpha value is -3.52. The van der Waals surface area contributed by atoms with E-state index in [2.05, 4.69) is 10.4 Å². The lowest BCUT2D eigenvalue weighted by molar-refractivity contribution is -0.116.